The third-order valence-corrected chi connectivity index (χ3v) is 5.21. The molecule has 28 heavy (non-hydrogen) atoms. The highest BCUT2D eigenvalue weighted by molar-refractivity contribution is 6.30. The molecule has 1 aliphatic heterocycles. The molecule has 2 aromatic carbocycles. The minimum absolute atomic E-state index is 0.0105. The van der Waals surface area contributed by atoms with Gasteiger partial charge in [-0.3, -0.25) is 10.1 Å². The van der Waals surface area contributed by atoms with E-state index in [4.69, 9.17) is 11.6 Å². The van der Waals surface area contributed by atoms with Crippen LogP contribution in [0.4, 0.5) is 16.2 Å². The van der Waals surface area contributed by atoms with Crippen molar-refractivity contribution in [2.75, 3.05) is 37.6 Å². The lowest BCUT2D eigenvalue weighted by Crippen LogP contribution is -2.52. The fraction of sp³-hybridized carbons (Fsp3) is 0.350. The van der Waals surface area contributed by atoms with Crippen LogP contribution >= 0.6 is 11.6 Å². The van der Waals surface area contributed by atoms with Gasteiger partial charge >= 0.3 is 6.03 Å². The predicted octanol–water partition coefficient (Wildman–Crippen LogP) is 3.63. The molecule has 0 aliphatic carbocycles. The molecule has 0 radical (unpaired) electrons. The summed E-state index contributed by atoms with van der Waals surface area (Å²) in [7, 11) is 0. The Kier molecular flexibility index (Phi) is 6.36. The van der Waals surface area contributed by atoms with Crippen LogP contribution in [0.15, 0.2) is 42.5 Å². The van der Waals surface area contributed by atoms with Crippen molar-refractivity contribution in [1.29, 1.82) is 0 Å². The van der Waals surface area contributed by atoms with Crippen molar-refractivity contribution >= 4 is 29.0 Å². The number of nitrogens with one attached hydrogen (secondary N) is 1. The van der Waals surface area contributed by atoms with Gasteiger partial charge < -0.3 is 15.1 Å². The number of nitro groups is 1. The molecule has 148 valence electrons. The molecule has 1 N–H and O–H groups in total. The number of carbonyl (C=O) groups is 1. The number of halogens is 1. The molecule has 2 aromatic rings. The summed E-state index contributed by atoms with van der Waals surface area (Å²) in [4.78, 5) is 26.9. The Morgan fingerprint density at radius 1 is 1.18 bits per heavy atom. The smallest absolute Gasteiger partial charge is 0.317 e. The van der Waals surface area contributed by atoms with Crippen LogP contribution in [0.1, 0.15) is 11.1 Å². The molecule has 1 saturated heterocycles. The first kappa shape index (κ1) is 19.9. The summed E-state index contributed by atoms with van der Waals surface area (Å²) in [5.41, 5.74) is 2.97. The molecule has 7 nitrogen and oxygen atoms in total. The first-order valence-electron chi connectivity index (χ1n) is 9.22. The molecular weight excluding hydrogens is 380 g/mol. The lowest BCUT2D eigenvalue weighted by Gasteiger charge is -2.35. The molecule has 3 rings (SSSR count). The number of carbonyl (C=O) groups excluding carboxylic acids is 1. The second kappa shape index (κ2) is 8.93. The van der Waals surface area contributed by atoms with E-state index in [-0.39, 0.29) is 11.7 Å². The number of hydrogen-bond acceptors (Lipinski definition) is 4. The summed E-state index contributed by atoms with van der Waals surface area (Å²) in [6.45, 7) is 4.73. The highest BCUT2D eigenvalue weighted by atomic mass is 35.5. The van der Waals surface area contributed by atoms with Crippen molar-refractivity contribution in [2.24, 2.45) is 0 Å². The number of hydrogen-bond donors (Lipinski definition) is 1. The Hall–Kier alpha value is -2.80. The van der Waals surface area contributed by atoms with Gasteiger partial charge in [-0.05, 0) is 36.6 Å². The van der Waals surface area contributed by atoms with Gasteiger partial charge in [0.25, 0.3) is 5.69 Å². The number of anilines is 1. The number of nitrogens with zero attached hydrogens (tertiary/aromatic N) is 3. The molecular formula is C20H23ClN4O3. The molecule has 1 aliphatic rings. The van der Waals surface area contributed by atoms with Crippen molar-refractivity contribution in [3.8, 4) is 0 Å². The number of aryl methyl sites for hydroxylation is 1. The topological polar surface area (TPSA) is 78.7 Å². The lowest BCUT2D eigenvalue weighted by atomic mass is 10.1. The van der Waals surface area contributed by atoms with Gasteiger partial charge in [0.05, 0.1) is 4.92 Å². The maximum absolute atomic E-state index is 12.4. The Bertz CT molecular complexity index is 866. The molecule has 0 saturated carbocycles. The minimum Gasteiger partial charge on any atom is -0.362 e. The van der Waals surface area contributed by atoms with Crippen LogP contribution in [-0.2, 0) is 6.42 Å². The monoisotopic (exact) mass is 402 g/mol. The normalized spacial score (nSPS) is 14.1. The Morgan fingerprint density at radius 2 is 1.89 bits per heavy atom. The molecule has 0 unspecified atom stereocenters. The predicted molar refractivity (Wildman–Crippen MR) is 110 cm³/mol. The highest BCUT2D eigenvalue weighted by Crippen LogP contribution is 2.31. The van der Waals surface area contributed by atoms with E-state index in [9.17, 15) is 14.9 Å². The van der Waals surface area contributed by atoms with Gasteiger partial charge in [0.2, 0.25) is 0 Å². The number of benzene rings is 2. The van der Waals surface area contributed by atoms with Crippen molar-refractivity contribution in [2.45, 2.75) is 13.3 Å². The largest absolute Gasteiger partial charge is 0.362 e. The summed E-state index contributed by atoms with van der Waals surface area (Å²) in [6, 6.07) is 12.7. The van der Waals surface area contributed by atoms with Gasteiger partial charge in [0.15, 0.2) is 0 Å². The lowest BCUT2D eigenvalue weighted by molar-refractivity contribution is -0.384. The number of piperazine rings is 1. The minimum atomic E-state index is -0.425. The van der Waals surface area contributed by atoms with Crippen molar-refractivity contribution in [3.63, 3.8) is 0 Å². The third kappa shape index (κ3) is 4.72. The second-order valence-corrected chi connectivity index (χ2v) is 7.21. The van der Waals surface area contributed by atoms with E-state index in [2.05, 4.69) is 24.4 Å². The Labute approximate surface area is 169 Å². The van der Waals surface area contributed by atoms with E-state index in [1.165, 1.54) is 17.2 Å². The van der Waals surface area contributed by atoms with Crippen LogP contribution in [0.2, 0.25) is 5.02 Å². The van der Waals surface area contributed by atoms with Crippen LogP contribution < -0.4 is 10.2 Å². The first-order chi connectivity index (χ1) is 13.5. The van der Waals surface area contributed by atoms with Gasteiger partial charge in [-0.15, -0.1) is 0 Å². The van der Waals surface area contributed by atoms with E-state index in [1.807, 2.05) is 17.0 Å². The first-order valence-corrected chi connectivity index (χ1v) is 9.59. The summed E-state index contributed by atoms with van der Waals surface area (Å²) in [5, 5.41) is 14.6. The van der Waals surface area contributed by atoms with E-state index in [1.54, 1.807) is 17.0 Å². The zero-order chi connectivity index (χ0) is 20.1. The Balaban J connectivity index is 1.52. The number of urea groups is 1. The fourth-order valence-electron chi connectivity index (χ4n) is 3.37. The molecule has 0 spiro atoms. The van der Waals surface area contributed by atoms with Crippen molar-refractivity contribution in [3.05, 3.63) is 68.7 Å². The Morgan fingerprint density at radius 3 is 2.57 bits per heavy atom. The average molecular weight is 403 g/mol. The van der Waals surface area contributed by atoms with E-state index < -0.39 is 4.92 Å². The zero-order valence-corrected chi connectivity index (χ0v) is 16.5. The maximum Gasteiger partial charge on any atom is 0.317 e. The molecule has 1 fully saturated rings. The summed E-state index contributed by atoms with van der Waals surface area (Å²) < 4.78 is 0. The zero-order valence-electron chi connectivity index (χ0n) is 15.7. The number of nitro benzene ring substituents is 1. The third-order valence-electron chi connectivity index (χ3n) is 4.97. The molecule has 0 bridgehead atoms. The van der Waals surface area contributed by atoms with Gasteiger partial charge in [-0.2, -0.15) is 0 Å². The maximum atomic E-state index is 12.4. The molecule has 0 atom stereocenters. The van der Waals surface area contributed by atoms with Gasteiger partial charge in [-0.1, -0.05) is 35.9 Å². The number of amides is 2. The van der Waals surface area contributed by atoms with E-state index in [0.717, 1.165) is 6.42 Å². The SMILES string of the molecule is Cc1ccccc1CCNC(=O)N1CCN(c2ccc(Cl)cc2[N+](=O)[O-])CC1. The van der Waals surface area contributed by atoms with Crippen LogP contribution in [0, 0.1) is 17.0 Å². The average Bonchev–Trinajstić information content (AvgIpc) is 2.69. The van der Waals surface area contributed by atoms with Crippen molar-refractivity contribution < 1.29 is 9.72 Å². The van der Waals surface area contributed by atoms with Crippen LogP contribution in [-0.4, -0.2) is 48.6 Å². The summed E-state index contributed by atoms with van der Waals surface area (Å²) in [6.07, 6.45) is 0.787. The van der Waals surface area contributed by atoms with Gasteiger partial charge in [0, 0.05) is 43.8 Å². The van der Waals surface area contributed by atoms with Gasteiger partial charge in [0.1, 0.15) is 5.69 Å². The van der Waals surface area contributed by atoms with Gasteiger partial charge in [-0.25, -0.2) is 4.79 Å². The number of rotatable bonds is 5. The molecule has 2 amide bonds. The summed E-state index contributed by atoms with van der Waals surface area (Å²) in [5.74, 6) is 0. The summed E-state index contributed by atoms with van der Waals surface area (Å²) >= 11 is 5.88. The molecule has 0 aromatic heterocycles. The fourth-order valence-corrected chi connectivity index (χ4v) is 3.53. The quantitative estimate of drug-likeness (QED) is 0.611. The molecule has 1 heterocycles. The standard InChI is InChI=1S/C20H23ClN4O3/c1-15-4-2-3-5-16(15)8-9-22-20(26)24-12-10-23(11-13-24)18-7-6-17(21)14-19(18)25(27)28/h2-7,14H,8-13H2,1H3,(H,22,26). The van der Waals surface area contributed by atoms with E-state index >= 15 is 0 Å². The second-order valence-electron chi connectivity index (χ2n) is 6.77. The van der Waals surface area contributed by atoms with E-state index in [0.29, 0.717) is 43.4 Å². The highest BCUT2D eigenvalue weighted by Gasteiger charge is 2.25. The van der Waals surface area contributed by atoms with Crippen LogP contribution in [0.5, 0.6) is 0 Å². The van der Waals surface area contributed by atoms with Crippen LogP contribution in [0.3, 0.4) is 0 Å². The van der Waals surface area contributed by atoms with Crippen LogP contribution in [0.25, 0.3) is 0 Å². The molecule has 8 heteroatoms. The van der Waals surface area contributed by atoms with Crippen molar-refractivity contribution in [1.82, 2.24) is 10.2 Å².